The van der Waals surface area contributed by atoms with Crippen molar-refractivity contribution < 1.29 is 9.53 Å². The molecule has 2 saturated carbocycles. The van der Waals surface area contributed by atoms with Crippen molar-refractivity contribution in [2.24, 2.45) is 11.8 Å². The van der Waals surface area contributed by atoms with Gasteiger partial charge >= 0.3 is 0 Å². The van der Waals surface area contributed by atoms with Crippen LogP contribution in [0, 0.1) is 11.8 Å². The summed E-state index contributed by atoms with van der Waals surface area (Å²) < 4.78 is 7.79. The summed E-state index contributed by atoms with van der Waals surface area (Å²) in [6.45, 7) is 5.37. The normalized spacial score (nSPS) is 23.1. The Labute approximate surface area is 170 Å². The standard InChI is InChI=1S/C21H28N4O2S/c1-3-25-20(16-7-5-6-8-18(16)27-4-2)23-24-21(25)28-13-19(26)22-17-12-14-9-10-15(17)11-14/h5-8,14-15,17H,3-4,9-13H2,1-2H3,(H,22,26)/t14-,15-,17+/m1/s1. The van der Waals surface area contributed by atoms with Crippen LogP contribution < -0.4 is 10.1 Å². The Bertz CT molecular complexity index is 838. The van der Waals surface area contributed by atoms with Crippen molar-refractivity contribution in [3.05, 3.63) is 24.3 Å². The molecule has 3 atom stereocenters. The van der Waals surface area contributed by atoms with Gasteiger partial charge in [0.2, 0.25) is 5.91 Å². The van der Waals surface area contributed by atoms with Gasteiger partial charge in [-0.05, 0) is 57.1 Å². The highest BCUT2D eigenvalue weighted by atomic mass is 32.2. The molecule has 6 nitrogen and oxygen atoms in total. The predicted molar refractivity (Wildman–Crippen MR) is 110 cm³/mol. The quantitative estimate of drug-likeness (QED) is 0.683. The molecule has 0 spiro atoms. The number of amides is 1. The largest absolute Gasteiger partial charge is 0.493 e. The molecule has 0 aliphatic heterocycles. The predicted octanol–water partition coefficient (Wildman–Crippen LogP) is 3.76. The minimum absolute atomic E-state index is 0.101. The van der Waals surface area contributed by atoms with Gasteiger partial charge in [-0.25, -0.2) is 0 Å². The van der Waals surface area contributed by atoms with E-state index in [4.69, 9.17) is 4.74 Å². The molecular weight excluding hydrogens is 372 g/mol. The summed E-state index contributed by atoms with van der Waals surface area (Å²) in [7, 11) is 0. The molecule has 1 aromatic heterocycles. The van der Waals surface area contributed by atoms with Crippen LogP contribution in [0.5, 0.6) is 5.75 Å². The van der Waals surface area contributed by atoms with E-state index in [0.29, 0.717) is 24.3 Å². The number of fused-ring (bicyclic) bond motifs is 2. The van der Waals surface area contributed by atoms with E-state index in [1.807, 2.05) is 35.8 Å². The van der Waals surface area contributed by atoms with Crippen LogP contribution in [0.25, 0.3) is 11.4 Å². The number of nitrogens with one attached hydrogen (secondary N) is 1. The third-order valence-corrected chi connectivity index (χ3v) is 6.84. The van der Waals surface area contributed by atoms with E-state index in [2.05, 4.69) is 22.4 Å². The minimum atomic E-state index is 0.101. The minimum Gasteiger partial charge on any atom is -0.493 e. The Morgan fingerprint density at radius 1 is 1.25 bits per heavy atom. The number of carbonyl (C=O) groups excluding carboxylic acids is 1. The van der Waals surface area contributed by atoms with Gasteiger partial charge in [0, 0.05) is 12.6 Å². The van der Waals surface area contributed by atoms with Crippen LogP contribution in [-0.2, 0) is 11.3 Å². The maximum atomic E-state index is 12.5. The molecule has 1 N–H and O–H groups in total. The first-order valence-corrected chi connectivity index (χ1v) is 11.3. The maximum absolute atomic E-state index is 12.5. The second-order valence-corrected chi connectivity index (χ2v) is 8.56. The van der Waals surface area contributed by atoms with Crippen molar-refractivity contribution in [3.8, 4) is 17.1 Å². The zero-order chi connectivity index (χ0) is 19.5. The fraction of sp³-hybridized carbons (Fsp3) is 0.571. The Kier molecular flexibility index (Phi) is 5.90. The number of nitrogens with zero attached hydrogens (tertiary/aromatic N) is 3. The molecule has 0 saturated heterocycles. The molecule has 2 aromatic rings. The van der Waals surface area contributed by atoms with Crippen molar-refractivity contribution in [1.82, 2.24) is 20.1 Å². The molecule has 2 aliphatic rings. The van der Waals surface area contributed by atoms with Gasteiger partial charge in [0.25, 0.3) is 0 Å². The summed E-state index contributed by atoms with van der Waals surface area (Å²) >= 11 is 1.45. The van der Waals surface area contributed by atoms with Crippen LogP contribution in [0.1, 0.15) is 39.5 Å². The number of rotatable bonds is 8. The first-order chi connectivity index (χ1) is 13.7. The maximum Gasteiger partial charge on any atom is 0.230 e. The Morgan fingerprint density at radius 2 is 2.11 bits per heavy atom. The molecule has 0 radical (unpaired) electrons. The zero-order valence-electron chi connectivity index (χ0n) is 16.6. The first-order valence-electron chi connectivity index (χ1n) is 10.3. The summed E-state index contributed by atoms with van der Waals surface area (Å²) in [6, 6.07) is 8.25. The molecule has 2 bridgehead atoms. The second-order valence-electron chi connectivity index (χ2n) is 7.62. The van der Waals surface area contributed by atoms with E-state index in [-0.39, 0.29) is 5.91 Å². The van der Waals surface area contributed by atoms with Gasteiger partial charge in [-0.1, -0.05) is 30.3 Å². The fourth-order valence-electron chi connectivity index (χ4n) is 4.61. The van der Waals surface area contributed by atoms with Gasteiger partial charge in [-0.3, -0.25) is 4.79 Å². The third kappa shape index (κ3) is 3.90. The van der Waals surface area contributed by atoms with Crippen LogP contribution in [-0.4, -0.2) is 39.1 Å². The van der Waals surface area contributed by atoms with Gasteiger partial charge in [0.15, 0.2) is 11.0 Å². The van der Waals surface area contributed by atoms with Crippen molar-refractivity contribution >= 4 is 17.7 Å². The molecular formula is C21H28N4O2S. The molecule has 7 heteroatoms. The van der Waals surface area contributed by atoms with Crippen molar-refractivity contribution in [2.45, 2.75) is 57.3 Å². The van der Waals surface area contributed by atoms with Crippen LogP contribution in [0.15, 0.2) is 29.4 Å². The highest BCUT2D eigenvalue weighted by Gasteiger charge is 2.40. The van der Waals surface area contributed by atoms with Crippen molar-refractivity contribution in [3.63, 3.8) is 0 Å². The van der Waals surface area contributed by atoms with Crippen LogP contribution in [0.3, 0.4) is 0 Å². The number of aromatic nitrogens is 3. The molecule has 28 heavy (non-hydrogen) atoms. The Hall–Kier alpha value is -2.02. The molecule has 150 valence electrons. The summed E-state index contributed by atoms with van der Waals surface area (Å²) in [4.78, 5) is 12.5. The highest BCUT2D eigenvalue weighted by molar-refractivity contribution is 7.99. The lowest BCUT2D eigenvalue weighted by Crippen LogP contribution is -2.39. The van der Waals surface area contributed by atoms with E-state index in [0.717, 1.165) is 41.2 Å². The Morgan fingerprint density at radius 3 is 2.82 bits per heavy atom. The number of thioether (sulfide) groups is 1. The molecule has 2 fully saturated rings. The Balaban J connectivity index is 1.42. The number of carbonyl (C=O) groups is 1. The van der Waals surface area contributed by atoms with E-state index < -0.39 is 0 Å². The van der Waals surface area contributed by atoms with E-state index in [1.54, 1.807) is 0 Å². The molecule has 1 amide bonds. The lowest BCUT2D eigenvalue weighted by Gasteiger charge is -2.22. The summed E-state index contributed by atoms with van der Waals surface area (Å²) in [6.07, 6.45) is 5.07. The van der Waals surface area contributed by atoms with Crippen LogP contribution in [0.4, 0.5) is 0 Å². The number of benzene rings is 1. The second kappa shape index (κ2) is 8.55. The summed E-state index contributed by atoms with van der Waals surface area (Å²) in [5, 5.41) is 12.8. The molecule has 1 heterocycles. The molecule has 4 rings (SSSR count). The number of ether oxygens (including phenoxy) is 1. The van der Waals surface area contributed by atoms with Gasteiger partial charge in [0.1, 0.15) is 5.75 Å². The fourth-order valence-corrected chi connectivity index (χ4v) is 5.43. The zero-order valence-corrected chi connectivity index (χ0v) is 17.4. The topological polar surface area (TPSA) is 69.0 Å². The summed E-state index contributed by atoms with van der Waals surface area (Å²) in [5.41, 5.74) is 0.928. The van der Waals surface area contributed by atoms with Crippen molar-refractivity contribution in [1.29, 1.82) is 0 Å². The molecule has 1 aromatic carbocycles. The average molecular weight is 401 g/mol. The van der Waals surface area contributed by atoms with E-state index in [9.17, 15) is 4.79 Å². The molecule has 0 unspecified atom stereocenters. The first kappa shape index (κ1) is 19.3. The van der Waals surface area contributed by atoms with Gasteiger partial charge < -0.3 is 14.6 Å². The van der Waals surface area contributed by atoms with Gasteiger partial charge in [0.05, 0.1) is 17.9 Å². The van der Waals surface area contributed by atoms with E-state index in [1.165, 1.54) is 31.0 Å². The van der Waals surface area contributed by atoms with Crippen LogP contribution >= 0.6 is 11.8 Å². The third-order valence-electron chi connectivity index (χ3n) is 5.88. The number of hydrogen-bond donors (Lipinski definition) is 1. The SMILES string of the molecule is CCOc1ccccc1-c1nnc(SCC(=O)N[C@H]2C[C@@H]3CC[C@@H]2C3)n1CC. The smallest absolute Gasteiger partial charge is 0.230 e. The number of para-hydroxylation sites is 1. The summed E-state index contributed by atoms with van der Waals surface area (Å²) in [5.74, 6) is 3.59. The lowest BCUT2D eigenvalue weighted by molar-refractivity contribution is -0.119. The lowest BCUT2D eigenvalue weighted by atomic mass is 9.95. The molecule has 2 aliphatic carbocycles. The van der Waals surface area contributed by atoms with Gasteiger partial charge in [-0.15, -0.1) is 10.2 Å². The monoisotopic (exact) mass is 400 g/mol. The highest BCUT2D eigenvalue weighted by Crippen LogP contribution is 2.44. The van der Waals surface area contributed by atoms with Crippen LogP contribution in [0.2, 0.25) is 0 Å². The van der Waals surface area contributed by atoms with Crippen molar-refractivity contribution in [2.75, 3.05) is 12.4 Å². The number of hydrogen-bond acceptors (Lipinski definition) is 5. The van der Waals surface area contributed by atoms with E-state index >= 15 is 0 Å². The van der Waals surface area contributed by atoms with Gasteiger partial charge in [-0.2, -0.15) is 0 Å². The average Bonchev–Trinajstić information content (AvgIpc) is 3.42.